The molecule has 0 spiro atoms. The second-order valence-electron chi connectivity index (χ2n) is 7.94. The van der Waals surface area contributed by atoms with Crippen molar-refractivity contribution < 1.29 is 17.9 Å². The summed E-state index contributed by atoms with van der Waals surface area (Å²) in [5.74, 6) is -3.98. The molecule has 0 saturated carbocycles. The van der Waals surface area contributed by atoms with E-state index in [2.05, 4.69) is 12.1 Å². The van der Waals surface area contributed by atoms with Gasteiger partial charge in [0.15, 0.2) is 17.5 Å². The average molecular weight is 439 g/mol. The summed E-state index contributed by atoms with van der Waals surface area (Å²) < 4.78 is 50.0. The van der Waals surface area contributed by atoms with Crippen molar-refractivity contribution in [3.8, 4) is 0 Å². The van der Waals surface area contributed by atoms with E-state index >= 15 is 0 Å². The molecule has 4 aromatic rings. The van der Waals surface area contributed by atoms with Gasteiger partial charge in [0.1, 0.15) is 0 Å². The molecule has 0 aliphatic heterocycles. The molecule has 0 bridgehead atoms. The maximum absolute atomic E-state index is 13.8. The van der Waals surface area contributed by atoms with Crippen LogP contribution in [0.5, 0.6) is 0 Å². The Kier molecular flexibility index (Phi) is 6.19. The maximum Gasteiger partial charge on any atom is 0.203 e. The van der Waals surface area contributed by atoms with Gasteiger partial charge in [-0.05, 0) is 48.7 Å². The van der Waals surface area contributed by atoms with Crippen molar-refractivity contribution in [3.05, 3.63) is 100 Å². The molecule has 0 radical (unpaired) electrons. The van der Waals surface area contributed by atoms with Crippen LogP contribution < -0.4 is 5.62 Å². The third-order valence-electron chi connectivity index (χ3n) is 5.62. The molecule has 0 fully saturated rings. The SMILES string of the molecule is COCC(Cc1ccc(C)cc1)n1c(=N)n(Cc2cc(F)c(F)c(F)c2)c2ccccc21. The highest BCUT2D eigenvalue weighted by Gasteiger charge is 2.20. The monoisotopic (exact) mass is 439 g/mol. The molecular formula is C25H24F3N3O. The van der Waals surface area contributed by atoms with Crippen molar-refractivity contribution in [2.45, 2.75) is 25.9 Å². The minimum Gasteiger partial charge on any atom is -0.383 e. The summed E-state index contributed by atoms with van der Waals surface area (Å²) in [6.45, 7) is 2.45. The summed E-state index contributed by atoms with van der Waals surface area (Å²) >= 11 is 0. The van der Waals surface area contributed by atoms with Gasteiger partial charge >= 0.3 is 0 Å². The van der Waals surface area contributed by atoms with Gasteiger partial charge in [-0.2, -0.15) is 0 Å². The average Bonchev–Trinajstić information content (AvgIpc) is 3.04. The van der Waals surface area contributed by atoms with Crippen molar-refractivity contribution in [3.63, 3.8) is 0 Å². The number of hydrogen-bond donors (Lipinski definition) is 1. The molecule has 1 unspecified atom stereocenters. The second kappa shape index (κ2) is 9.04. The van der Waals surface area contributed by atoms with Gasteiger partial charge in [0.25, 0.3) is 0 Å². The number of rotatable bonds is 7. The minimum absolute atomic E-state index is 0.0324. The van der Waals surface area contributed by atoms with Crippen LogP contribution in [-0.4, -0.2) is 22.9 Å². The third-order valence-corrected chi connectivity index (χ3v) is 5.62. The minimum atomic E-state index is -1.49. The third kappa shape index (κ3) is 4.21. The Balaban J connectivity index is 1.80. The zero-order valence-electron chi connectivity index (χ0n) is 17.9. The van der Waals surface area contributed by atoms with Crippen LogP contribution in [0.15, 0.2) is 60.7 Å². The van der Waals surface area contributed by atoms with E-state index < -0.39 is 17.5 Å². The summed E-state index contributed by atoms with van der Waals surface area (Å²) in [6.07, 6.45) is 0.651. The van der Waals surface area contributed by atoms with Crippen molar-refractivity contribution in [1.29, 1.82) is 5.41 Å². The molecule has 166 valence electrons. The maximum atomic E-state index is 13.8. The highest BCUT2D eigenvalue weighted by Crippen LogP contribution is 2.23. The Hall–Kier alpha value is -3.32. The Morgan fingerprint density at radius 2 is 1.53 bits per heavy atom. The number of ether oxygens (including phenoxy) is 1. The highest BCUT2D eigenvalue weighted by molar-refractivity contribution is 5.76. The van der Waals surface area contributed by atoms with Gasteiger partial charge < -0.3 is 13.9 Å². The van der Waals surface area contributed by atoms with E-state index in [-0.39, 0.29) is 23.8 Å². The van der Waals surface area contributed by atoms with E-state index in [1.807, 2.05) is 47.9 Å². The van der Waals surface area contributed by atoms with Gasteiger partial charge in [-0.3, -0.25) is 5.41 Å². The number of nitrogens with one attached hydrogen (secondary N) is 1. The zero-order chi connectivity index (χ0) is 22.8. The lowest BCUT2D eigenvalue weighted by molar-refractivity contribution is 0.154. The number of para-hydroxylation sites is 2. The van der Waals surface area contributed by atoms with Crippen molar-refractivity contribution >= 4 is 11.0 Å². The number of imidazole rings is 1. The molecule has 32 heavy (non-hydrogen) atoms. The second-order valence-corrected chi connectivity index (χ2v) is 7.94. The Labute approximate surface area is 184 Å². The van der Waals surface area contributed by atoms with E-state index in [0.29, 0.717) is 13.0 Å². The largest absolute Gasteiger partial charge is 0.383 e. The lowest BCUT2D eigenvalue weighted by Gasteiger charge is -2.19. The normalized spacial score (nSPS) is 12.4. The number of aryl methyl sites for hydroxylation is 1. The molecule has 0 saturated heterocycles. The summed E-state index contributed by atoms with van der Waals surface area (Å²) in [5, 5.41) is 8.89. The molecule has 7 heteroatoms. The van der Waals surface area contributed by atoms with Crippen molar-refractivity contribution in [2.24, 2.45) is 0 Å². The quantitative estimate of drug-likeness (QED) is 0.399. The van der Waals surface area contributed by atoms with Crippen LogP contribution in [0.4, 0.5) is 13.2 Å². The molecule has 0 amide bonds. The van der Waals surface area contributed by atoms with Gasteiger partial charge in [-0.25, -0.2) is 13.2 Å². The first-order chi connectivity index (χ1) is 15.4. The topological polar surface area (TPSA) is 42.9 Å². The van der Waals surface area contributed by atoms with Gasteiger partial charge in [0.2, 0.25) is 5.62 Å². The first-order valence-corrected chi connectivity index (χ1v) is 10.3. The molecule has 1 N–H and O–H groups in total. The van der Waals surface area contributed by atoms with E-state index in [1.54, 1.807) is 11.7 Å². The predicted octanol–water partition coefficient (Wildman–Crippen LogP) is 5.13. The number of aromatic nitrogens is 2. The lowest BCUT2D eigenvalue weighted by atomic mass is 10.0. The van der Waals surface area contributed by atoms with Gasteiger partial charge in [0.05, 0.1) is 30.2 Å². The molecule has 0 aliphatic rings. The number of benzene rings is 3. The summed E-state index contributed by atoms with van der Waals surface area (Å²) in [5.41, 5.74) is 4.25. The van der Waals surface area contributed by atoms with E-state index in [9.17, 15) is 13.2 Å². The predicted molar refractivity (Wildman–Crippen MR) is 117 cm³/mol. The van der Waals surface area contributed by atoms with Crippen LogP contribution >= 0.6 is 0 Å². The molecule has 1 heterocycles. The number of nitrogens with zero attached hydrogens (tertiary/aromatic N) is 2. The molecule has 4 nitrogen and oxygen atoms in total. The van der Waals surface area contributed by atoms with Crippen LogP contribution in [0.3, 0.4) is 0 Å². The molecule has 1 aromatic heterocycles. The lowest BCUT2D eigenvalue weighted by Crippen LogP contribution is -2.31. The Morgan fingerprint density at radius 3 is 2.16 bits per heavy atom. The first kappa shape index (κ1) is 21.9. The van der Waals surface area contributed by atoms with Crippen molar-refractivity contribution in [2.75, 3.05) is 13.7 Å². The zero-order valence-corrected chi connectivity index (χ0v) is 17.9. The first-order valence-electron chi connectivity index (χ1n) is 10.3. The smallest absolute Gasteiger partial charge is 0.203 e. The number of halogens is 3. The standard InChI is InChI=1S/C25H24F3N3O/c1-16-7-9-17(10-8-16)11-19(15-32-2)31-23-6-4-3-5-22(23)30(25(31)29)14-18-12-20(26)24(28)21(27)13-18/h3-10,12-13,19,29H,11,14-15H2,1-2H3. The van der Waals surface area contributed by atoms with Crippen LogP contribution in [0, 0.1) is 29.8 Å². The number of methoxy groups -OCH3 is 1. The molecule has 4 rings (SSSR count). The molecule has 3 aromatic carbocycles. The van der Waals surface area contributed by atoms with E-state index in [0.717, 1.165) is 28.7 Å². The molecule has 0 aliphatic carbocycles. The van der Waals surface area contributed by atoms with Gasteiger partial charge in [-0.15, -0.1) is 0 Å². The summed E-state index contributed by atoms with van der Waals surface area (Å²) in [4.78, 5) is 0. The van der Waals surface area contributed by atoms with Crippen LogP contribution in [0.25, 0.3) is 11.0 Å². The fourth-order valence-electron chi connectivity index (χ4n) is 4.08. The van der Waals surface area contributed by atoms with E-state index in [1.165, 1.54) is 5.56 Å². The summed E-state index contributed by atoms with van der Waals surface area (Å²) in [6, 6.07) is 17.5. The van der Waals surface area contributed by atoms with Crippen LogP contribution in [-0.2, 0) is 17.7 Å². The number of hydrogen-bond acceptors (Lipinski definition) is 2. The van der Waals surface area contributed by atoms with Crippen LogP contribution in [0.2, 0.25) is 0 Å². The summed E-state index contributed by atoms with van der Waals surface area (Å²) in [7, 11) is 1.62. The van der Waals surface area contributed by atoms with Crippen LogP contribution in [0.1, 0.15) is 22.7 Å². The number of fused-ring (bicyclic) bond motifs is 1. The van der Waals surface area contributed by atoms with Crippen molar-refractivity contribution in [1.82, 2.24) is 9.13 Å². The fourth-order valence-corrected chi connectivity index (χ4v) is 4.08. The molecule has 1 atom stereocenters. The Morgan fingerprint density at radius 1 is 0.906 bits per heavy atom. The highest BCUT2D eigenvalue weighted by atomic mass is 19.2. The Bertz CT molecular complexity index is 1290. The van der Waals surface area contributed by atoms with Gasteiger partial charge in [-0.1, -0.05) is 42.0 Å². The van der Waals surface area contributed by atoms with E-state index in [4.69, 9.17) is 10.1 Å². The fraction of sp³-hybridized carbons (Fsp3) is 0.240. The molecular weight excluding hydrogens is 415 g/mol. The van der Waals surface area contributed by atoms with Gasteiger partial charge in [0, 0.05) is 7.11 Å².